The first kappa shape index (κ1) is 16.6. The van der Waals surface area contributed by atoms with Gasteiger partial charge in [-0.15, -0.1) is 0 Å². The highest BCUT2D eigenvalue weighted by atomic mass is 32.2. The second-order valence-corrected chi connectivity index (χ2v) is 7.75. The topological polar surface area (TPSA) is 34.2 Å². The van der Waals surface area contributed by atoms with Crippen LogP contribution in [0.1, 0.15) is 43.5 Å². The maximum atomic E-state index is 5.54. The van der Waals surface area contributed by atoms with Gasteiger partial charge in [-0.2, -0.15) is 11.8 Å². The number of nitrogens with zero attached hydrogens (tertiary/aromatic N) is 1. The summed E-state index contributed by atoms with van der Waals surface area (Å²) < 4.78 is 5.86. The molecule has 0 radical (unpaired) electrons. The van der Waals surface area contributed by atoms with Gasteiger partial charge < -0.3 is 10.1 Å². The summed E-state index contributed by atoms with van der Waals surface area (Å²) in [7, 11) is 1.75. The minimum absolute atomic E-state index is 0.322. The van der Waals surface area contributed by atoms with Gasteiger partial charge in [0.25, 0.3) is 0 Å². The van der Waals surface area contributed by atoms with E-state index in [4.69, 9.17) is 4.74 Å². The fourth-order valence-corrected chi connectivity index (χ4v) is 4.71. The lowest BCUT2D eigenvalue weighted by Gasteiger charge is -2.34. The number of nitrogens with one attached hydrogen (secondary N) is 1. The van der Waals surface area contributed by atoms with Crippen molar-refractivity contribution in [2.75, 3.05) is 19.4 Å². The highest BCUT2D eigenvalue weighted by Crippen LogP contribution is 2.41. The summed E-state index contributed by atoms with van der Waals surface area (Å²) in [4.78, 5) is 4.68. The van der Waals surface area contributed by atoms with Gasteiger partial charge in [-0.3, -0.25) is 4.98 Å². The number of aryl methyl sites for hydroxylation is 1. The fraction of sp³-hybridized carbons (Fsp3) is 0.706. The van der Waals surface area contributed by atoms with E-state index in [1.165, 1.54) is 24.2 Å². The normalized spacial score (nSPS) is 23.3. The van der Waals surface area contributed by atoms with Crippen molar-refractivity contribution >= 4 is 11.8 Å². The van der Waals surface area contributed by atoms with E-state index < -0.39 is 0 Å². The number of pyridine rings is 1. The molecule has 2 heterocycles. The SMILES string of the molecule is CCNC(Cc1ncc(C)c(OC)c1C)C1(C)CCCS1. The van der Waals surface area contributed by atoms with Crippen LogP contribution in [0.3, 0.4) is 0 Å². The molecule has 0 aliphatic carbocycles. The first-order valence-corrected chi connectivity index (χ1v) is 8.86. The Labute approximate surface area is 133 Å². The molecule has 1 fully saturated rings. The number of methoxy groups -OCH3 is 1. The van der Waals surface area contributed by atoms with Crippen molar-refractivity contribution in [1.82, 2.24) is 10.3 Å². The van der Waals surface area contributed by atoms with E-state index in [-0.39, 0.29) is 0 Å². The van der Waals surface area contributed by atoms with Gasteiger partial charge >= 0.3 is 0 Å². The Morgan fingerprint density at radius 1 is 1.48 bits per heavy atom. The van der Waals surface area contributed by atoms with Crippen LogP contribution in [0.15, 0.2) is 6.20 Å². The summed E-state index contributed by atoms with van der Waals surface area (Å²) >= 11 is 2.11. The Morgan fingerprint density at radius 3 is 2.81 bits per heavy atom. The Kier molecular flexibility index (Phi) is 5.55. The smallest absolute Gasteiger partial charge is 0.128 e. The maximum Gasteiger partial charge on any atom is 0.128 e. The molecule has 1 N–H and O–H groups in total. The van der Waals surface area contributed by atoms with Gasteiger partial charge in [0.2, 0.25) is 0 Å². The van der Waals surface area contributed by atoms with E-state index in [1.54, 1.807) is 7.11 Å². The van der Waals surface area contributed by atoms with Gasteiger partial charge in [0.1, 0.15) is 5.75 Å². The molecule has 1 aliphatic heterocycles. The Bertz CT molecular complexity index is 484. The monoisotopic (exact) mass is 308 g/mol. The molecule has 0 aromatic carbocycles. The van der Waals surface area contributed by atoms with Gasteiger partial charge in [0.05, 0.1) is 7.11 Å². The molecule has 1 aromatic rings. The summed E-state index contributed by atoms with van der Waals surface area (Å²) in [6.07, 6.45) is 5.53. The van der Waals surface area contributed by atoms with Crippen molar-refractivity contribution < 1.29 is 4.74 Å². The number of hydrogen-bond donors (Lipinski definition) is 1. The summed E-state index contributed by atoms with van der Waals surface area (Å²) in [5, 5.41) is 3.69. The lowest BCUT2D eigenvalue weighted by Crippen LogP contribution is -2.47. The zero-order chi connectivity index (χ0) is 15.5. The average Bonchev–Trinajstić information content (AvgIpc) is 2.90. The zero-order valence-corrected chi connectivity index (χ0v) is 14.8. The summed E-state index contributed by atoms with van der Waals surface area (Å²) in [6.45, 7) is 9.77. The highest BCUT2D eigenvalue weighted by Gasteiger charge is 2.37. The van der Waals surface area contributed by atoms with E-state index in [9.17, 15) is 0 Å². The molecule has 0 bridgehead atoms. The van der Waals surface area contributed by atoms with Crippen molar-refractivity contribution in [1.29, 1.82) is 0 Å². The third-order valence-electron chi connectivity index (χ3n) is 4.58. The number of aromatic nitrogens is 1. The number of ether oxygens (including phenoxy) is 1. The molecule has 3 nitrogen and oxygen atoms in total. The first-order valence-electron chi connectivity index (χ1n) is 7.88. The van der Waals surface area contributed by atoms with Gasteiger partial charge in [-0.1, -0.05) is 6.92 Å². The lowest BCUT2D eigenvalue weighted by molar-refractivity contribution is 0.394. The molecule has 21 heavy (non-hydrogen) atoms. The molecule has 2 unspecified atom stereocenters. The predicted octanol–water partition coefficient (Wildman–Crippen LogP) is 3.51. The summed E-state index contributed by atoms with van der Waals surface area (Å²) in [5.74, 6) is 2.27. The fourth-order valence-electron chi connectivity index (χ4n) is 3.30. The van der Waals surface area contributed by atoms with E-state index in [2.05, 4.69) is 49.8 Å². The standard InChI is InChI=1S/C17H28N2OS/c1-6-18-15(17(4)8-7-9-21-17)10-14-13(3)16(20-5)12(2)11-19-14/h11,15,18H,6-10H2,1-5H3. The molecule has 0 amide bonds. The maximum absolute atomic E-state index is 5.54. The van der Waals surface area contributed by atoms with E-state index in [0.717, 1.165) is 30.0 Å². The van der Waals surface area contributed by atoms with Gasteiger partial charge in [-0.25, -0.2) is 0 Å². The van der Waals surface area contributed by atoms with Gasteiger partial charge in [0.15, 0.2) is 0 Å². The van der Waals surface area contributed by atoms with E-state index in [1.807, 2.05) is 6.20 Å². The Morgan fingerprint density at radius 2 is 2.24 bits per heavy atom. The van der Waals surface area contributed by atoms with Gasteiger partial charge in [0, 0.05) is 40.2 Å². The van der Waals surface area contributed by atoms with Crippen LogP contribution >= 0.6 is 11.8 Å². The molecular weight excluding hydrogens is 280 g/mol. The molecule has 2 rings (SSSR count). The minimum atomic E-state index is 0.322. The Balaban J connectivity index is 2.25. The van der Waals surface area contributed by atoms with E-state index in [0.29, 0.717) is 10.8 Å². The van der Waals surface area contributed by atoms with Crippen LogP contribution in [0, 0.1) is 13.8 Å². The van der Waals surface area contributed by atoms with Crippen LogP contribution in [-0.2, 0) is 6.42 Å². The van der Waals surface area contributed by atoms with Crippen molar-refractivity contribution in [3.05, 3.63) is 23.0 Å². The van der Waals surface area contributed by atoms with Crippen molar-refractivity contribution in [3.8, 4) is 5.75 Å². The van der Waals surface area contributed by atoms with Crippen LogP contribution in [0.5, 0.6) is 5.75 Å². The second kappa shape index (κ2) is 7.01. The van der Waals surface area contributed by atoms with Crippen molar-refractivity contribution in [2.45, 2.75) is 57.7 Å². The molecule has 0 spiro atoms. The molecule has 118 valence electrons. The summed E-state index contributed by atoms with van der Waals surface area (Å²) in [6, 6.07) is 0.466. The largest absolute Gasteiger partial charge is 0.496 e. The average molecular weight is 308 g/mol. The first-order chi connectivity index (χ1) is 10.0. The predicted molar refractivity (Wildman–Crippen MR) is 91.5 cm³/mol. The third-order valence-corrected chi connectivity index (χ3v) is 6.23. The molecular formula is C17H28N2OS. The van der Waals surface area contributed by atoms with Crippen LogP contribution in [0.4, 0.5) is 0 Å². The van der Waals surface area contributed by atoms with Crippen molar-refractivity contribution in [2.24, 2.45) is 0 Å². The number of hydrogen-bond acceptors (Lipinski definition) is 4. The quantitative estimate of drug-likeness (QED) is 0.872. The second-order valence-electron chi connectivity index (χ2n) is 6.13. The van der Waals surface area contributed by atoms with Crippen LogP contribution in [0.25, 0.3) is 0 Å². The Hall–Kier alpha value is -0.740. The molecule has 4 heteroatoms. The zero-order valence-electron chi connectivity index (χ0n) is 14.0. The highest BCUT2D eigenvalue weighted by molar-refractivity contribution is 8.00. The molecule has 1 aromatic heterocycles. The molecule has 1 aliphatic rings. The molecule has 0 saturated carbocycles. The third kappa shape index (κ3) is 3.54. The van der Waals surface area contributed by atoms with E-state index >= 15 is 0 Å². The van der Waals surface area contributed by atoms with Crippen LogP contribution in [-0.4, -0.2) is 35.2 Å². The number of rotatable bonds is 6. The number of thioether (sulfide) groups is 1. The van der Waals surface area contributed by atoms with Crippen LogP contribution in [0.2, 0.25) is 0 Å². The van der Waals surface area contributed by atoms with Crippen molar-refractivity contribution in [3.63, 3.8) is 0 Å². The summed E-state index contributed by atoms with van der Waals surface area (Å²) in [5.41, 5.74) is 3.46. The molecule has 1 saturated heterocycles. The van der Waals surface area contributed by atoms with Crippen LogP contribution < -0.4 is 10.1 Å². The number of likely N-dealkylation sites (N-methyl/N-ethyl adjacent to an activating group) is 1. The van der Waals surface area contributed by atoms with Gasteiger partial charge in [-0.05, 0) is 45.9 Å². The molecule has 2 atom stereocenters. The lowest BCUT2D eigenvalue weighted by atomic mass is 9.91. The minimum Gasteiger partial charge on any atom is -0.496 e.